The van der Waals surface area contributed by atoms with Gasteiger partial charge in [-0.2, -0.15) is 18.3 Å². The zero-order valence-electron chi connectivity index (χ0n) is 11.3. The molecule has 1 aromatic rings. The molecule has 0 spiro atoms. The summed E-state index contributed by atoms with van der Waals surface area (Å²) < 4.78 is 38.6. The van der Waals surface area contributed by atoms with E-state index in [0.29, 0.717) is 5.71 Å². The smallest absolute Gasteiger partial charge is 0.375 e. The summed E-state index contributed by atoms with van der Waals surface area (Å²) in [4.78, 5) is 11.7. The number of benzene rings is 1. The second-order valence-electron chi connectivity index (χ2n) is 4.24. The Kier molecular flexibility index (Phi) is 6.12. The SMILES string of the molecule is C/C(CC(=O)Nc1ccc(Cl)cc1C(F)(F)F)=N/NC(N)=S. The number of carbonyl (C=O) groups excluding carboxylic acids is 1. The van der Waals surface area contributed by atoms with E-state index in [0.717, 1.165) is 12.1 Å². The quantitative estimate of drug-likeness (QED) is 0.442. The van der Waals surface area contributed by atoms with Crippen LogP contribution in [0.5, 0.6) is 0 Å². The molecule has 1 rings (SSSR count). The van der Waals surface area contributed by atoms with Crippen LogP contribution < -0.4 is 16.5 Å². The van der Waals surface area contributed by atoms with Crippen molar-refractivity contribution in [2.75, 3.05) is 5.32 Å². The van der Waals surface area contributed by atoms with Crippen molar-refractivity contribution < 1.29 is 18.0 Å². The minimum Gasteiger partial charge on any atom is -0.375 e. The number of rotatable bonds is 4. The summed E-state index contributed by atoms with van der Waals surface area (Å²) in [6.45, 7) is 1.50. The lowest BCUT2D eigenvalue weighted by Gasteiger charge is -2.14. The van der Waals surface area contributed by atoms with Crippen LogP contribution in [0.25, 0.3) is 0 Å². The molecule has 1 amide bonds. The molecule has 0 aliphatic heterocycles. The van der Waals surface area contributed by atoms with Crippen molar-refractivity contribution in [2.24, 2.45) is 10.8 Å². The van der Waals surface area contributed by atoms with Gasteiger partial charge in [-0.25, -0.2) is 0 Å². The maximum Gasteiger partial charge on any atom is 0.418 e. The van der Waals surface area contributed by atoms with Gasteiger partial charge in [-0.15, -0.1) is 0 Å². The summed E-state index contributed by atoms with van der Waals surface area (Å²) >= 11 is 10.1. The first-order valence-electron chi connectivity index (χ1n) is 5.85. The summed E-state index contributed by atoms with van der Waals surface area (Å²) in [6.07, 6.45) is -4.86. The molecule has 0 saturated heterocycles. The van der Waals surface area contributed by atoms with Crippen molar-refractivity contribution in [1.29, 1.82) is 0 Å². The summed E-state index contributed by atoms with van der Waals surface area (Å²) in [6, 6.07) is 3.08. The third kappa shape index (κ3) is 5.86. The van der Waals surface area contributed by atoms with Crippen molar-refractivity contribution in [2.45, 2.75) is 19.5 Å². The average molecular weight is 353 g/mol. The summed E-state index contributed by atoms with van der Waals surface area (Å²) in [5, 5.41) is 5.69. The Morgan fingerprint density at radius 1 is 1.45 bits per heavy atom. The molecule has 5 nitrogen and oxygen atoms in total. The predicted octanol–water partition coefficient (Wildman–Crippen LogP) is 2.90. The number of anilines is 1. The fourth-order valence-electron chi connectivity index (χ4n) is 1.48. The van der Waals surface area contributed by atoms with Gasteiger partial charge in [0.15, 0.2) is 5.11 Å². The fraction of sp³-hybridized carbons (Fsp3) is 0.250. The third-order valence-electron chi connectivity index (χ3n) is 2.33. The molecule has 0 aromatic heterocycles. The highest BCUT2D eigenvalue weighted by Crippen LogP contribution is 2.36. The molecular weight excluding hydrogens is 341 g/mol. The summed E-state index contributed by atoms with van der Waals surface area (Å²) in [5.41, 5.74) is 6.33. The number of hydrogen-bond acceptors (Lipinski definition) is 3. The van der Waals surface area contributed by atoms with Crippen molar-refractivity contribution in [3.8, 4) is 0 Å². The third-order valence-corrected chi connectivity index (χ3v) is 2.66. The topological polar surface area (TPSA) is 79.5 Å². The summed E-state index contributed by atoms with van der Waals surface area (Å²) in [5.74, 6) is -0.668. The van der Waals surface area contributed by atoms with Crippen LogP contribution >= 0.6 is 23.8 Å². The Bertz CT molecular complexity index is 619. The van der Waals surface area contributed by atoms with Crippen LogP contribution in [0.4, 0.5) is 18.9 Å². The number of halogens is 4. The number of nitrogens with two attached hydrogens (primary N) is 1. The maximum absolute atomic E-state index is 12.9. The molecule has 10 heteroatoms. The van der Waals surface area contributed by atoms with Gasteiger partial charge in [0.2, 0.25) is 5.91 Å². The van der Waals surface area contributed by atoms with Crippen LogP contribution in [0.2, 0.25) is 5.02 Å². The fourth-order valence-corrected chi connectivity index (χ4v) is 1.69. The first-order chi connectivity index (χ1) is 10.1. The second kappa shape index (κ2) is 7.41. The van der Waals surface area contributed by atoms with E-state index in [-0.39, 0.29) is 22.2 Å². The number of nitrogens with zero attached hydrogens (tertiary/aromatic N) is 1. The van der Waals surface area contributed by atoms with Gasteiger partial charge in [-0.3, -0.25) is 10.2 Å². The Morgan fingerprint density at radius 3 is 2.64 bits per heavy atom. The van der Waals surface area contributed by atoms with Gasteiger partial charge in [-0.05, 0) is 37.3 Å². The largest absolute Gasteiger partial charge is 0.418 e. The van der Waals surface area contributed by atoms with E-state index in [4.69, 9.17) is 17.3 Å². The van der Waals surface area contributed by atoms with Crippen molar-refractivity contribution >= 4 is 46.2 Å². The Hall–Kier alpha value is -1.87. The molecule has 22 heavy (non-hydrogen) atoms. The molecule has 0 aliphatic rings. The van der Waals surface area contributed by atoms with E-state index in [2.05, 4.69) is 28.1 Å². The van der Waals surface area contributed by atoms with Crippen LogP contribution in [-0.2, 0) is 11.0 Å². The lowest BCUT2D eigenvalue weighted by Crippen LogP contribution is -2.26. The molecule has 120 valence electrons. The molecule has 0 heterocycles. The highest BCUT2D eigenvalue weighted by atomic mass is 35.5. The number of alkyl halides is 3. The van der Waals surface area contributed by atoms with E-state index in [9.17, 15) is 18.0 Å². The van der Waals surface area contributed by atoms with Crippen molar-refractivity contribution in [3.05, 3.63) is 28.8 Å². The van der Waals surface area contributed by atoms with Crippen LogP contribution in [0.1, 0.15) is 18.9 Å². The molecule has 0 bridgehead atoms. The first kappa shape index (κ1) is 18.2. The molecule has 4 N–H and O–H groups in total. The maximum atomic E-state index is 12.9. The van der Waals surface area contributed by atoms with Gasteiger partial charge in [0, 0.05) is 10.7 Å². The van der Waals surface area contributed by atoms with Gasteiger partial charge in [0.25, 0.3) is 0 Å². The van der Waals surface area contributed by atoms with Gasteiger partial charge in [0.1, 0.15) is 0 Å². The zero-order chi connectivity index (χ0) is 16.9. The van der Waals surface area contributed by atoms with Crippen LogP contribution in [0.15, 0.2) is 23.3 Å². The van der Waals surface area contributed by atoms with E-state index >= 15 is 0 Å². The molecule has 0 unspecified atom stereocenters. The second-order valence-corrected chi connectivity index (χ2v) is 5.11. The van der Waals surface area contributed by atoms with Gasteiger partial charge in [0.05, 0.1) is 17.7 Å². The van der Waals surface area contributed by atoms with Crippen molar-refractivity contribution in [3.63, 3.8) is 0 Å². The van der Waals surface area contributed by atoms with Gasteiger partial charge >= 0.3 is 6.18 Å². The molecular formula is C12H12ClF3N4OS. The summed E-state index contributed by atoms with van der Waals surface area (Å²) in [7, 11) is 0. The molecule has 1 aromatic carbocycles. The van der Waals surface area contributed by atoms with E-state index < -0.39 is 17.6 Å². The normalized spacial score (nSPS) is 12.0. The number of amides is 1. The molecule has 0 fully saturated rings. The van der Waals surface area contributed by atoms with Crippen molar-refractivity contribution in [1.82, 2.24) is 5.43 Å². The number of carbonyl (C=O) groups is 1. The van der Waals surface area contributed by atoms with Crippen LogP contribution in [0, 0.1) is 0 Å². The molecule has 0 atom stereocenters. The number of thiocarbonyl (C=S) groups is 1. The lowest BCUT2D eigenvalue weighted by molar-refractivity contribution is -0.137. The van der Waals surface area contributed by atoms with E-state index in [1.165, 1.54) is 13.0 Å². The average Bonchev–Trinajstić information content (AvgIpc) is 2.37. The zero-order valence-corrected chi connectivity index (χ0v) is 12.9. The first-order valence-corrected chi connectivity index (χ1v) is 6.63. The monoisotopic (exact) mass is 352 g/mol. The van der Waals surface area contributed by atoms with Crippen LogP contribution in [0.3, 0.4) is 0 Å². The Morgan fingerprint density at radius 2 is 2.09 bits per heavy atom. The number of nitrogens with one attached hydrogen (secondary N) is 2. The highest BCUT2D eigenvalue weighted by Gasteiger charge is 2.34. The Labute approximate surface area is 134 Å². The molecule has 0 aliphatic carbocycles. The minimum atomic E-state index is -4.63. The van der Waals surface area contributed by atoms with Gasteiger partial charge < -0.3 is 11.1 Å². The van der Waals surface area contributed by atoms with E-state index in [1.54, 1.807) is 0 Å². The predicted molar refractivity (Wildman–Crippen MR) is 82.7 cm³/mol. The highest BCUT2D eigenvalue weighted by molar-refractivity contribution is 7.80. The standard InChI is InChI=1S/C12H12ClF3N4OS/c1-6(19-20-11(17)22)4-10(21)18-9-3-2-7(13)5-8(9)12(14,15)16/h2-3,5H,4H2,1H3,(H,18,21)(H3,17,20,22)/b19-6-. The molecule has 0 radical (unpaired) electrons. The number of hydrogen-bond donors (Lipinski definition) is 3. The lowest BCUT2D eigenvalue weighted by atomic mass is 10.1. The Balaban J connectivity index is 2.85. The molecule has 0 saturated carbocycles. The van der Waals surface area contributed by atoms with Crippen LogP contribution in [-0.4, -0.2) is 16.7 Å². The van der Waals surface area contributed by atoms with E-state index in [1.807, 2.05) is 0 Å². The minimum absolute atomic E-state index is 0.0799. The van der Waals surface area contributed by atoms with Gasteiger partial charge in [-0.1, -0.05) is 11.6 Å². The number of hydrazone groups is 1.